The van der Waals surface area contributed by atoms with E-state index in [0.29, 0.717) is 0 Å². The maximum Gasteiger partial charge on any atom is 0.405 e. The van der Waals surface area contributed by atoms with E-state index in [0.717, 1.165) is 12.1 Å². The van der Waals surface area contributed by atoms with E-state index < -0.39 is 23.8 Å². The van der Waals surface area contributed by atoms with Crippen LogP contribution in [0.25, 0.3) is 0 Å². The molecular weight excluding hydrogens is 272 g/mol. The molecule has 3 nitrogen and oxygen atoms in total. The highest BCUT2D eigenvalue weighted by Crippen LogP contribution is 2.25. The Bertz CT molecular complexity index is 398. The highest BCUT2D eigenvalue weighted by Gasteiger charge is 2.16. The summed E-state index contributed by atoms with van der Waals surface area (Å²) in [7, 11) is 0. The summed E-state index contributed by atoms with van der Waals surface area (Å²) in [4.78, 5) is 10.3. The van der Waals surface area contributed by atoms with E-state index in [1.54, 1.807) is 0 Å². The van der Waals surface area contributed by atoms with Crippen molar-refractivity contribution >= 4 is 22.0 Å². The molecule has 2 N–H and O–H groups in total. The fraction of sp³-hybridized carbons (Fsp3) is 0.222. The first kappa shape index (κ1) is 11.9. The molecule has 0 aliphatic heterocycles. The SMILES string of the molecule is CC(NC(=O)O)c1cc(F)cc(Br)c1F. The van der Waals surface area contributed by atoms with Crippen LogP contribution in [0.5, 0.6) is 0 Å². The zero-order valence-corrected chi connectivity index (χ0v) is 9.31. The fourth-order valence-electron chi connectivity index (χ4n) is 1.15. The molecule has 0 aromatic heterocycles. The van der Waals surface area contributed by atoms with Crippen molar-refractivity contribution in [1.29, 1.82) is 0 Å². The number of rotatable bonds is 2. The number of carbonyl (C=O) groups is 1. The summed E-state index contributed by atoms with van der Waals surface area (Å²) in [6.45, 7) is 1.43. The summed E-state index contributed by atoms with van der Waals surface area (Å²) in [6.07, 6.45) is -1.29. The van der Waals surface area contributed by atoms with E-state index in [1.807, 2.05) is 5.32 Å². The summed E-state index contributed by atoms with van der Waals surface area (Å²) < 4.78 is 26.3. The molecule has 15 heavy (non-hydrogen) atoms. The first-order valence-electron chi connectivity index (χ1n) is 4.05. The zero-order chi connectivity index (χ0) is 11.6. The molecule has 1 rings (SSSR count). The Balaban J connectivity index is 3.07. The van der Waals surface area contributed by atoms with Gasteiger partial charge in [0.05, 0.1) is 10.5 Å². The third-order valence-electron chi connectivity index (χ3n) is 1.83. The number of benzene rings is 1. The van der Waals surface area contributed by atoms with Crippen LogP contribution < -0.4 is 5.32 Å². The largest absolute Gasteiger partial charge is 0.465 e. The molecule has 0 saturated heterocycles. The number of halogens is 3. The van der Waals surface area contributed by atoms with Gasteiger partial charge in [0.2, 0.25) is 0 Å². The van der Waals surface area contributed by atoms with Gasteiger partial charge in [0.1, 0.15) is 11.6 Å². The second-order valence-electron chi connectivity index (χ2n) is 2.96. The average molecular weight is 280 g/mol. The quantitative estimate of drug-likeness (QED) is 0.818. The van der Waals surface area contributed by atoms with Crippen LogP contribution in [0, 0.1) is 11.6 Å². The molecule has 82 valence electrons. The van der Waals surface area contributed by atoms with Crippen molar-refractivity contribution in [3.63, 3.8) is 0 Å². The van der Waals surface area contributed by atoms with Gasteiger partial charge in [-0.1, -0.05) is 0 Å². The first-order chi connectivity index (χ1) is 6.91. The van der Waals surface area contributed by atoms with Crippen LogP contribution >= 0.6 is 15.9 Å². The van der Waals surface area contributed by atoms with Crippen molar-refractivity contribution < 1.29 is 18.7 Å². The van der Waals surface area contributed by atoms with Crippen molar-refractivity contribution in [3.8, 4) is 0 Å². The molecule has 0 spiro atoms. The van der Waals surface area contributed by atoms with Gasteiger partial charge < -0.3 is 10.4 Å². The molecule has 1 atom stereocenters. The fourth-order valence-corrected chi connectivity index (χ4v) is 1.60. The van der Waals surface area contributed by atoms with E-state index in [-0.39, 0.29) is 10.0 Å². The Kier molecular flexibility index (Phi) is 3.62. The van der Waals surface area contributed by atoms with Gasteiger partial charge in [0.25, 0.3) is 0 Å². The number of hydrogen-bond acceptors (Lipinski definition) is 1. The second kappa shape index (κ2) is 4.57. The smallest absolute Gasteiger partial charge is 0.405 e. The van der Waals surface area contributed by atoms with Crippen LogP contribution in [-0.2, 0) is 0 Å². The van der Waals surface area contributed by atoms with Crippen LogP contribution in [0.2, 0.25) is 0 Å². The maximum absolute atomic E-state index is 13.4. The second-order valence-corrected chi connectivity index (χ2v) is 3.82. The third-order valence-corrected chi connectivity index (χ3v) is 2.40. The van der Waals surface area contributed by atoms with Gasteiger partial charge in [-0.2, -0.15) is 0 Å². The molecular formula is C9H8BrF2NO2. The first-order valence-corrected chi connectivity index (χ1v) is 4.85. The Labute approximate surface area is 93.2 Å². The van der Waals surface area contributed by atoms with Gasteiger partial charge >= 0.3 is 6.09 Å². The standard InChI is InChI=1S/C9H8BrF2NO2/c1-4(13-9(14)15)6-2-5(11)3-7(10)8(6)12/h2-4,13H,1H3,(H,14,15). The summed E-state index contributed by atoms with van der Waals surface area (Å²) in [5.41, 5.74) is -0.0377. The molecule has 0 fully saturated rings. The Morgan fingerprint density at radius 1 is 1.53 bits per heavy atom. The lowest BCUT2D eigenvalue weighted by Gasteiger charge is -2.13. The van der Waals surface area contributed by atoms with Crippen molar-refractivity contribution in [1.82, 2.24) is 5.32 Å². The molecule has 0 aliphatic rings. The molecule has 1 aromatic carbocycles. The van der Waals surface area contributed by atoms with Gasteiger partial charge in [-0.25, -0.2) is 13.6 Å². The van der Waals surface area contributed by atoms with E-state index in [4.69, 9.17) is 5.11 Å². The van der Waals surface area contributed by atoms with E-state index >= 15 is 0 Å². The highest BCUT2D eigenvalue weighted by molar-refractivity contribution is 9.10. The number of nitrogens with one attached hydrogen (secondary N) is 1. The minimum Gasteiger partial charge on any atom is -0.465 e. The van der Waals surface area contributed by atoms with E-state index in [2.05, 4.69) is 15.9 Å². The van der Waals surface area contributed by atoms with Crippen LogP contribution in [-0.4, -0.2) is 11.2 Å². The van der Waals surface area contributed by atoms with E-state index in [1.165, 1.54) is 6.92 Å². The topological polar surface area (TPSA) is 49.3 Å². The minimum absolute atomic E-state index is 0.0310. The summed E-state index contributed by atoms with van der Waals surface area (Å²) in [6, 6.07) is 1.13. The summed E-state index contributed by atoms with van der Waals surface area (Å²) in [5, 5.41) is 10.5. The van der Waals surface area contributed by atoms with Crippen molar-refractivity contribution in [2.45, 2.75) is 13.0 Å². The monoisotopic (exact) mass is 279 g/mol. The predicted molar refractivity (Wildman–Crippen MR) is 53.6 cm³/mol. The predicted octanol–water partition coefficient (Wildman–Crippen LogP) is 3.06. The molecule has 0 heterocycles. The maximum atomic E-state index is 13.4. The number of hydrogen-bond donors (Lipinski definition) is 2. The third kappa shape index (κ3) is 2.89. The van der Waals surface area contributed by atoms with Crippen LogP contribution in [0.1, 0.15) is 18.5 Å². The molecule has 6 heteroatoms. The molecule has 1 amide bonds. The Hall–Kier alpha value is -1.17. The lowest BCUT2D eigenvalue weighted by atomic mass is 10.1. The lowest BCUT2D eigenvalue weighted by Crippen LogP contribution is -2.25. The number of carboxylic acid groups (broad SMARTS) is 1. The minimum atomic E-state index is -1.29. The van der Waals surface area contributed by atoms with Gasteiger partial charge in [-0.05, 0) is 35.0 Å². The van der Waals surface area contributed by atoms with Gasteiger partial charge in [0, 0.05) is 5.56 Å². The van der Waals surface area contributed by atoms with Crippen LogP contribution in [0.3, 0.4) is 0 Å². The van der Waals surface area contributed by atoms with Crippen molar-refractivity contribution in [3.05, 3.63) is 33.8 Å². The highest BCUT2D eigenvalue weighted by atomic mass is 79.9. The Morgan fingerprint density at radius 2 is 2.13 bits per heavy atom. The average Bonchev–Trinajstić information content (AvgIpc) is 2.09. The summed E-state index contributed by atoms with van der Waals surface area (Å²) >= 11 is 2.84. The van der Waals surface area contributed by atoms with Crippen LogP contribution in [0.15, 0.2) is 16.6 Å². The van der Waals surface area contributed by atoms with Gasteiger partial charge in [-0.15, -0.1) is 0 Å². The normalized spacial score (nSPS) is 12.3. The Morgan fingerprint density at radius 3 is 2.67 bits per heavy atom. The van der Waals surface area contributed by atoms with Gasteiger partial charge in [0.15, 0.2) is 0 Å². The molecule has 1 unspecified atom stereocenters. The molecule has 0 bridgehead atoms. The number of amides is 1. The molecule has 1 aromatic rings. The zero-order valence-electron chi connectivity index (χ0n) is 7.72. The molecule has 0 aliphatic carbocycles. The lowest BCUT2D eigenvalue weighted by molar-refractivity contribution is 0.190. The summed E-state index contributed by atoms with van der Waals surface area (Å²) in [5.74, 6) is -1.30. The van der Waals surface area contributed by atoms with E-state index in [9.17, 15) is 13.6 Å². The van der Waals surface area contributed by atoms with Gasteiger partial charge in [-0.3, -0.25) is 0 Å². The van der Waals surface area contributed by atoms with Crippen LogP contribution in [0.4, 0.5) is 13.6 Å². The molecule has 0 saturated carbocycles. The van der Waals surface area contributed by atoms with Crippen molar-refractivity contribution in [2.24, 2.45) is 0 Å². The van der Waals surface area contributed by atoms with Crippen molar-refractivity contribution in [2.75, 3.05) is 0 Å². The molecule has 0 radical (unpaired) electrons.